The molecule has 0 spiro atoms. The monoisotopic (exact) mass is 384 g/mol. The molecule has 3 aromatic heterocycles. The molecular formula is C17H16N6OS2. The highest BCUT2D eigenvalue weighted by atomic mass is 32.2. The number of amides is 1. The van der Waals surface area contributed by atoms with Gasteiger partial charge in [0.05, 0.1) is 21.2 Å². The minimum Gasteiger partial charge on any atom is -0.384 e. The van der Waals surface area contributed by atoms with Gasteiger partial charge in [-0.15, -0.1) is 11.3 Å². The van der Waals surface area contributed by atoms with Gasteiger partial charge in [0.15, 0.2) is 5.16 Å². The van der Waals surface area contributed by atoms with Crippen LogP contribution in [0.15, 0.2) is 28.9 Å². The van der Waals surface area contributed by atoms with Crippen molar-refractivity contribution in [3.63, 3.8) is 0 Å². The van der Waals surface area contributed by atoms with E-state index in [4.69, 9.17) is 11.0 Å². The van der Waals surface area contributed by atoms with E-state index in [-0.39, 0.29) is 22.7 Å². The lowest BCUT2D eigenvalue weighted by atomic mass is 10.1. The zero-order valence-electron chi connectivity index (χ0n) is 14.4. The van der Waals surface area contributed by atoms with Crippen molar-refractivity contribution in [1.29, 1.82) is 5.26 Å². The van der Waals surface area contributed by atoms with Crippen LogP contribution in [0.2, 0.25) is 0 Å². The fourth-order valence-corrected chi connectivity index (χ4v) is 4.11. The number of fused-ring (bicyclic) bond motifs is 1. The zero-order valence-corrected chi connectivity index (χ0v) is 16.1. The van der Waals surface area contributed by atoms with Gasteiger partial charge < -0.3 is 10.6 Å². The van der Waals surface area contributed by atoms with E-state index < -0.39 is 0 Å². The van der Waals surface area contributed by atoms with Crippen molar-refractivity contribution in [1.82, 2.24) is 19.9 Å². The Morgan fingerprint density at radius 2 is 2.15 bits per heavy atom. The molecule has 0 radical (unpaired) electrons. The quantitative estimate of drug-likeness (QED) is 0.544. The molecule has 1 atom stereocenters. The Kier molecular flexibility index (Phi) is 5.06. The summed E-state index contributed by atoms with van der Waals surface area (Å²) in [7, 11) is 3.46. The van der Waals surface area contributed by atoms with E-state index in [9.17, 15) is 4.79 Å². The van der Waals surface area contributed by atoms with E-state index in [1.54, 1.807) is 25.2 Å². The van der Waals surface area contributed by atoms with E-state index in [1.807, 2.05) is 24.4 Å². The number of pyridine rings is 1. The number of thiophene rings is 1. The van der Waals surface area contributed by atoms with Gasteiger partial charge in [0, 0.05) is 37.1 Å². The van der Waals surface area contributed by atoms with Crippen LogP contribution in [0.5, 0.6) is 0 Å². The number of hydrogen-bond acceptors (Lipinski definition) is 8. The lowest BCUT2D eigenvalue weighted by Crippen LogP contribution is -2.21. The Bertz CT molecular complexity index is 1020. The van der Waals surface area contributed by atoms with Crippen molar-refractivity contribution >= 4 is 44.9 Å². The molecule has 26 heavy (non-hydrogen) atoms. The second-order valence-electron chi connectivity index (χ2n) is 5.79. The van der Waals surface area contributed by atoms with Gasteiger partial charge in [-0.05, 0) is 13.0 Å². The number of carbonyl (C=O) groups is 1. The summed E-state index contributed by atoms with van der Waals surface area (Å²) in [6.45, 7) is 1.97. The maximum atomic E-state index is 12.3. The topological polar surface area (TPSA) is 109 Å². The molecule has 0 aliphatic carbocycles. The summed E-state index contributed by atoms with van der Waals surface area (Å²) >= 11 is 2.86. The molecule has 9 heteroatoms. The van der Waals surface area contributed by atoms with Crippen molar-refractivity contribution in [3.8, 4) is 6.07 Å². The summed E-state index contributed by atoms with van der Waals surface area (Å²) < 4.78 is 0.961. The van der Waals surface area contributed by atoms with Crippen LogP contribution in [0.1, 0.15) is 33.9 Å². The smallest absolute Gasteiger partial charge is 0.254 e. The third kappa shape index (κ3) is 3.61. The van der Waals surface area contributed by atoms with Gasteiger partial charge in [0.1, 0.15) is 17.6 Å². The van der Waals surface area contributed by atoms with Gasteiger partial charge in [-0.25, -0.2) is 9.97 Å². The molecule has 0 fully saturated rings. The van der Waals surface area contributed by atoms with Gasteiger partial charge in [-0.2, -0.15) is 5.26 Å². The van der Waals surface area contributed by atoms with Crippen LogP contribution in [0.4, 0.5) is 5.82 Å². The zero-order chi connectivity index (χ0) is 18.8. The van der Waals surface area contributed by atoms with Gasteiger partial charge in [0.2, 0.25) is 0 Å². The maximum Gasteiger partial charge on any atom is 0.254 e. The molecule has 0 aliphatic rings. The molecule has 1 unspecified atom stereocenters. The van der Waals surface area contributed by atoms with Crippen molar-refractivity contribution in [3.05, 3.63) is 40.7 Å². The molecule has 2 N–H and O–H groups in total. The predicted octanol–water partition coefficient (Wildman–Crippen LogP) is 3.10. The Labute approximate surface area is 158 Å². The Morgan fingerprint density at radius 3 is 2.85 bits per heavy atom. The predicted molar refractivity (Wildman–Crippen MR) is 103 cm³/mol. The fraction of sp³-hybridized carbons (Fsp3) is 0.235. The molecule has 0 bridgehead atoms. The summed E-state index contributed by atoms with van der Waals surface area (Å²) in [4.78, 5) is 26.7. The minimum absolute atomic E-state index is 0.0356. The molecule has 0 saturated carbocycles. The van der Waals surface area contributed by atoms with Crippen LogP contribution in [0, 0.1) is 11.3 Å². The van der Waals surface area contributed by atoms with Crippen molar-refractivity contribution in [2.24, 2.45) is 0 Å². The first-order valence-corrected chi connectivity index (χ1v) is 9.45. The molecule has 0 aliphatic heterocycles. The first kappa shape index (κ1) is 18.1. The average molecular weight is 384 g/mol. The van der Waals surface area contributed by atoms with E-state index in [1.165, 1.54) is 29.2 Å². The Hall–Kier alpha value is -2.70. The Morgan fingerprint density at radius 1 is 1.38 bits per heavy atom. The van der Waals surface area contributed by atoms with Crippen LogP contribution >= 0.6 is 23.1 Å². The minimum atomic E-state index is -0.0741. The number of nitriles is 1. The standard InChI is InChI=1S/C17H16N6OS2/c1-9(26-17-21-10(6-18)4-15(19)22-17)13-5-11-12(16(24)23(2)3)8-25-14(11)7-20-13/h4-5,7-9H,1-3H3,(H2,19,21,22). The molecular weight excluding hydrogens is 368 g/mol. The normalized spacial score (nSPS) is 11.9. The first-order valence-electron chi connectivity index (χ1n) is 7.69. The number of nitrogens with zero attached hydrogens (tertiary/aromatic N) is 5. The largest absolute Gasteiger partial charge is 0.384 e. The van der Waals surface area contributed by atoms with Crippen molar-refractivity contribution in [2.75, 3.05) is 19.8 Å². The molecule has 132 valence electrons. The second-order valence-corrected chi connectivity index (χ2v) is 8.01. The SMILES string of the molecule is CC(Sc1nc(N)cc(C#N)n1)c1cc2c(C(=O)N(C)C)csc2cn1. The summed E-state index contributed by atoms with van der Waals surface area (Å²) in [5, 5.41) is 12.1. The third-order valence-corrected chi connectivity index (χ3v) is 5.58. The highest BCUT2D eigenvalue weighted by Gasteiger charge is 2.18. The van der Waals surface area contributed by atoms with Crippen LogP contribution in [0.3, 0.4) is 0 Å². The molecule has 0 aromatic carbocycles. The van der Waals surface area contributed by atoms with Crippen LogP contribution < -0.4 is 5.73 Å². The first-order chi connectivity index (χ1) is 12.4. The summed E-state index contributed by atoms with van der Waals surface area (Å²) in [5.41, 5.74) is 7.42. The van der Waals surface area contributed by atoms with E-state index in [0.29, 0.717) is 10.7 Å². The number of nitrogen functional groups attached to an aromatic ring is 1. The maximum absolute atomic E-state index is 12.3. The molecule has 1 amide bonds. The van der Waals surface area contributed by atoms with Crippen LogP contribution in [-0.4, -0.2) is 39.9 Å². The lowest BCUT2D eigenvalue weighted by molar-refractivity contribution is 0.0830. The van der Waals surface area contributed by atoms with Crippen LogP contribution in [0.25, 0.3) is 10.1 Å². The van der Waals surface area contributed by atoms with E-state index in [0.717, 1.165) is 15.8 Å². The van der Waals surface area contributed by atoms with Gasteiger partial charge in [-0.1, -0.05) is 11.8 Å². The number of hydrogen-bond donors (Lipinski definition) is 1. The molecule has 3 heterocycles. The van der Waals surface area contributed by atoms with E-state index >= 15 is 0 Å². The fourth-order valence-electron chi connectivity index (χ4n) is 2.35. The summed E-state index contributed by atoms with van der Waals surface area (Å²) in [5.74, 6) is 0.220. The molecule has 0 saturated heterocycles. The highest BCUT2D eigenvalue weighted by Crippen LogP contribution is 2.35. The van der Waals surface area contributed by atoms with Crippen molar-refractivity contribution < 1.29 is 4.79 Å². The lowest BCUT2D eigenvalue weighted by Gasteiger charge is -2.12. The molecule has 3 rings (SSSR count). The van der Waals surface area contributed by atoms with Crippen molar-refractivity contribution in [2.45, 2.75) is 17.3 Å². The number of carbonyl (C=O) groups excluding carboxylic acids is 1. The number of anilines is 1. The highest BCUT2D eigenvalue weighted by molar-refractivity contribution is 7.99. The second kappa shape index (κ2) is 7.27. The van der Waals surface area contributed by atoms with Crippen LogP contribution in [-0.2, 0) is 0 Å². The number of nitrogens with two attached hydrogens (primary N) is 1. The third-order valence-electron chi connectivity index (χ3n) is 3.66. The van der Waals surface area contributed by atoms with Gasteiger partial charge >= 0.3 is 0 Å². The Balaban J connectivity index is 1.92. The number of aromatic nitrogens is 3. The van der Waals surface area contributed by atoms with Gasteiger partial charge in [-0.3, -0.25) is 9.78 Å². The van der Waals surface area contributed by atoms with Gasteiger partial charge in [0.25, 0.3) is 5.91 Å². The average Bonchev–Trinajstić information content (AvgIpc) is 3.03. The van der Waals surface area contributed by atoms with E-state index in [2.05, 4.69) is 15.0 Å². The molecule has 7 nitrogen and oxygen atoms in total. The summed E-state index contributed by atoms with van der Waals surface area (Å²) in [6.07, 6.45) is 1.78. The number of rotatable bonds is 4. The molecule has 3 aromatic rings. The number of thioether (sulfide) groups is 1. The summed E-state index contributed by atoms with van der Waals surface area (Å²) in [6, 6.07) is 5.33.